The van der Waals surface area contributed by atoms with Gasteiger partial charge in [-0.05, 0) is 18.8 Å². The molecule has 9 heteroatoms. The van der Waals surface area contributed by atoms with E-state index in [9.17, 15) is 14.9 Å². The van der Waals surface area contributed by atoms with Crippen molar-refractivity contribution in [3.63, 3.8) is 0 Å². The molecule has 0 aliphatic rings. The van der Waals surface area contributed by atoms with Crippen LogP contribution in [-0.4, -0.2) is 30.4 Å². The first-order valence-electron chi connectivity index (χ1n) is 6.81. The monoisotopic (exact) mass is 306 g/mol. The van der Waals surface area contributed by atoms with E-state index in [-0.39, 0.29) is 18.1 Å². The molecule has 0 aliphatic carbocycles. The number of aromatic nitrogens is 4. The Bertz CT molecular complexity index is 703. The highest BCUT2D eigenvalue weighted by atomic mass is 16.6. The molecule has 0 radical (unpaired) electrons. The van der Waals surface area contributed by atoms with Crippen LogP contribution in [0.15, 0.2) is 12.3 Å². The molecular formula is C13H18N6O3. The van der Waals surface area contributed by atoms with Gasteiger partial charge in [-0.2, -0.15) is 9.78 Å². The fourth-order valence-corrected chi connectivity index (χ4v) is 2.02. The number of rotatable bonds is 6. The third-order valence-corrected chi connectivity index (χ3v) is 3.52. The van der Waals surface area contributed by atoms with Crippen molar-refractivity contribution in [2.45, 2.75) is 33.4 Å². The van der Waals surface area contributed by atoms with Crippen LogP contribution in [0.5, 0.6) is 0 Å². The molecule has 0 saturated carbocycles. The predicted molar refractivity (Wildman–Crippen MR) is 78.0 cm³/mol. The molecule has 0 aromatic carbocycles. The van der Waals surface area contributed by atoms with Crippen molar-refractivity contribution >= 4 is 11.7 Å². The number of carbonyl (C=O) groups is 1. The number of nitrogens with one attached hydrogen (secondary N) is 1. The molecule has 0 spiro atoms. The summed E-state index contributed by atoms with van der Waals surface area (Å²) in [6.45, 7) is 4.37. The second kappa shape index (κ2) is 6.37. The maximum Gasteiger partial charge on any atom is 0.390 e. The van der Waals surface area contributed by atoms with Crippen molar-refractivity contribution in [1.29, 1.82) is 0 Å². The third kappa shape index (κ3) is 3.48. The van der Waals surface area contributed by atoms with Crippen molar-refractivity contribution in [3.8, 4) is 0 Å². The number of aryl methyl sites for hydroxylation is 3. The molecule has 0 bridgehead atoms. The van der Waals surface area contributed by atoms with Crippen LogP contribution in [0.2, 0.25) is 0 Å². The number of nitrogens with zero attached hydrogens (tertiary/aromatic N) is 5. The van der Waals surface area contributed by atoms with Gasteiger partial charge in [-0.25, -0.2) is 0 Å². The van der Waals surface area contributed by atoms with Gasteiger partial charge in [0.15, 0.2) is 0 Å². The molecule has 2 aromatic rings. The summed E-state index contributed by atoms with van der Waals surface area (Å²) in [5.41, 5.74) is 2.61. The maximum atomic E-state index is 11.8. The van der Waals surface area contributed by atoms with Crippen LogP contribution < -0.4 is 5.32 Å². The molecule has 0 atom stereocenters. The van der Waals surface area contributed by atoms with Gasteiger partial charge in [-0.15, -0.1) is 0 Å². The van der Waals surface area contributed by atoms with Crippen LogP contribution in [0, 0.1) is 24.0 Å². The van der Waals surface area contributed by atoms with E-state index in [0.29, 0.717) is 18.8 Å². The summed E-state index contributed by atoms with van der Waals surface area (Å²) < 4.78 is 3.21. The van der Waals surface area contributed by atoms with E-state index in [4.69, 9.17) is 0 Å². The first kappa shape index (κ1) is 15.7. The van der Waals surface area contributed by atoms with Crippen LogP contribution in [0.4, 0.5) is 5.82 Å². The largest absolute Gasteiger partial charge is 0.390 e. The van der Waals surface area contributed by atoms with Crippen LogP contribution in [0.25, 0.3) is 0 Å². The quantitative estimate of drug-likeness (QED) is 0.628. The fraction of sp³-hybridized carbons (Fsp3) is 0.462. The van der Waals surface area contributed by atoms with Crippen molar-refractivity contribution in [2.75, 3.05) is 0 Å². The van der Waals surface area contributed by atoms with E-state index in [1.54, 1.807) is 17.8 Å². The van der Waals surface area contributed by atoms with Gasteiger partial charge >= 0.3 is 5.82 Å². The minimum Gasteiger partial charge on any atom is -0.358 e. The molecule has 2 aromatic heterocycles. The first-order valence-corrected chi connectivity index (χ1v) is 6.81. The Morgan fingerprint density at radius 2 is 2.18 bits per heavy atom. The topological polar surface area (TPSA) is 108 Å². The van der Waals surface area contributed by atoms with Crippen molar-refractivity contribution in [2.24, 2.45) is 7.05 Å². The zero-order valence-corrected chi connectivity index (χ0v) is 12.7. The van der Waals surface area contributed by atoms with Crippen LogP contribution in [-0.2, 0) is 24.9 Å². The lowest BCUT2D eigenvalue weighted by molar-refractivity contribution is -0.389. The average molecular weight is 306 g/mol. The van der Waals surface area contributed by atoms with Crippen molar-refractivity contribution in [3.05, 3.63) is 39.3 Å². The number of amides is 1. The van der Waals surface area contributed by atoms with E-state index >= 15 is 0 Å². The van der Waals surface area contributed by atoms with E-state index in [2.05, 4.69) is 15.5 Å². The fourth-order valence-electron chi connectivity index (χ4n) is 2.02. The molecule has 0 unspecified atom stereocenters. The molecule has 1 amide bonds. The van der Waals surface area contributed by atoms with Gasteiger partial charge in [-0.3, -0.25) is 9.48 Å². The summed E-state index contributed by atoms with van der Waals surface area (Å²) in [5.74, 6) is -0.343. The Morgan fingerprint density at radius 1 is 1.45 bits per heavy atom. The van der Waals surface area contributed by atoms with Crippen LogP contribution in [0.3, 0.4) is 0 Å². The normalized spacial score (nSPS) is 10.7. The standard InChI is InChI=1S/C13H18N6O3/c1-9-6-12(19(21)22)16-18(9)5-4-13(20)14-7-11-8-15-17(3)10(11)2/h6,8H,4-5,7H2,1-3H3,(H,14,20). The number of hydrogen-bond acceptors (Lipinski definition) is 5. The van der Waals surface area contributed by atoms with Crippen LogP contribution in [0.1, 0.15) is 23.4 Å². The van der Waals surface area contributed by atoms with Gasteiger partial charge in [-0.1, -0.05) is 0 Å². The van der Waals surface area contributed by atoms with Gasteiger partial charge in [0.05, 0.1) is 29.6 Å². The molecule has 0 fully saturated rings. The van der Waals surface area contributed by atoms with Gasteiger partial charge < -0.3 is 15.4 Å². The zero-order chi connectivity index (χ0) is 16.3. The number of carbonyl (C=O) groups excluding carboxylic acids is 1. The lowest BCUT2D eigenvalue weighted by Gasteiger charge is -2.05. The molecule has 1 N–H and O–H groups in total. The van der Waals surface area contributed by atoms with Crippen molar-refractivity contribution in [1.82, 2.24) is 24.9 Å². The molecule has 9 nitrogen and oxygen atoms in total. The summed E-state index contributed by atoms with van der Waals surface area (Å²) in [5, 5.41) is 21.4. The predicted octanol–water partition coefficient (Wildman–Crippen LogP) is 0.848. The minimum absolute atomic E-state index is 0.138. The smallest absolute Gasteiger partial charge is 0.358 e. The molecule has 0 aliphatic heterocycles. The van der Waals surface area contributed by atoms with E-state index < -0.39 is 4.92 Å². The molecular weight excluding hydrogens is 288 g/mol. The van der Waals surface area contributed by atoms with Crippen LogP contribution >= 0.6 is 0 Å². The summed E-state index contributed by atoms with van der Waals surface area (Å²) in [7, 11) is 1.84. The summed E-state index contributed by atoms with van der Waals surface area (Å²) in [4.78, 5) is 21.9. The lowest BCUT2D eigenvalue weighted by atomic mass is 10.2. The Labute approximate surface area is 127 Å². The Morgan fingerprint density at radius 3 is 2.73 bits per heavy atom. The molecule has 118 valence electrons. The van der Waals surface area contributed by atoms with E-state index in [0.717, 1.165) is 11.3 Å². The number of nitro groups is 1. The minimum atomic E-state index is -0.547. The molecule has 0 saturated heterocycles. The van der Waals surface area contributed by atoms with E-state index in [1.807, 2.05) is 14.0 Å². The highest BCUT2D eigenvalue weighted by molar-refractivity contribution is 5.75. The maximum absolute atomic E-state index is 11.8. The summed E-state index contributed by atoms with van der Waals surface area (Å²) in [6, 6.07) is 1.39. The Balaban J connectivity index is 1.85. The highest BCUT2D eigenvalue weighted by Crippen LogP contribution is 2.11. The third-order valence-electron chi connectivity index (χ3n) is 3.52. The van der Waals surface area contributed by atoms with E-state index in [1.165, 1.54) is 10.7 Å². The Kier molecular flexibility index (Phi) is 4.54. The summed E-state index contributed by atoms with van der Waals surface area (Å²) >= 11 is 0. The van der Waals surface area contributed by atoms with Crippen molar-refractivity contribution < 1.29 is 9.72 Å². The van der Waals surface area contributed by atoms with Gasteiger partial charge in [0.1, 0.15) is 0 Å². The molecule has 22 heavy (non-hydrogen) atoms. The number of hydrogen-bond donors (Lipinski definition) is 1. The van der Waals surface area contributed by atoms with Gasteiger partial charge in [0.2, 0.25) is 5.91 Å². The second-order valence-electron chi connectivity index (χ2n) is 5.03. The molecule has 2 heterocycles. The lowest BCUT2D eigenvalue weighted by Crippen LogP contribution is -2.24. The Hall–Kier alpha value is -2.71. The summed E-state index contributed by atoms with van der Waals surface area (Å²) in [6.07, 6.45) is 1.93. The molecule has 2 rings (SSSR count). The second-order valence-corrected chi connectivity index (χ2v) is 5.03. The first-order chi connectivity index (χ1) is 10.4. The highest BCUT2D eigenvalue weighted by Gasteiger charge is 2.16. The van der Waals surface area contributed by atoms with Gasteiger partial charge in [0, 0.05) is 31.3 Å². The SMILES string of the molecule is Cc1c(CNC(=O)CCn2nc([N+](=O)[O-])cc2C)cnn1C. The zero-order valence-electron chi connectivity index (χ0n) is 12.7. The average Bonchev–Trinajstić information content (AvgIpc) is 2.99. The van der Waals surface area contributed by atoms with Gasteiger partial charge in [0.25, 0.3) is 0 Å².